The van der Waals surface area contributed by atoms with E-state index in [0.717, 1.165) is 17.9 Å². The second-order valence-electron chi connectivity index (χ2n) is 3.54. The van der Waals surface area contributed by atoms with Gasteiger partial charge in [0.25, 0.3) is 0 Å². The zero-order valence-electron chi connectivity index (χ0n) is 6.96. The minimum Gasteiger partial charge on any atom is -0.508 e. The van der Waals surface area contributed by atoms with E-state index < -0.39 is 0 Å². The van der Waals surface area contributed by atoms with Gasteiger partial charge >= 0.3 is 0 Å². The summed E-state index contributed by atoms with van der Waals surface area (Å²) in [6.45, 7) is 0. The van der Waals surface area contributed by atoms with Crippen LogP contribution in [0.4, 0.5) is 5.69 Å². The van der Waals surface area contributed by atoms with Crippen molar-refractivity contribution in [2.75, 3.05) is 5.73 Å². The van der Waals surface area contributed by atoms with Crippen LogP contribution in [0.1, 0.15) is 18.4 Å². The summed E-state index contributed by atoms with van der Waals surface area (Å²) in [5.74, 6) is 1.15. The number of benzene rings is 1. The highest BCUT2D eigenvalue weighted by molar-refractivity contribution is 5.47. The molecule has 64 valence electrons. The number of phenolic OH excluding ortho intramolecular Hbond substituents is 1. The first-order valence-electron chi connectivity index (χ1n) is 4.33. The van der Waals surface area contributed by atoms with Gasteiger partial charge in [0.15, 0.2) is 0 Å². The zero-order chi connectivity index (χ0) is 8.55. The van der Waals surface area contributed by atoms with E-state index in [-0.39, 0.29) is 0 Å². The summed E-state index contributed by atoms with van der Waals surface area (Å²) in [4.78, 5) is 0. The highest BCUT2D eigenvalue weighted by Gasteiger charge is 2.22. The fraction of sp³-hybridized carbons (Fsp3) is 0.400. The SMILES string of the molecule is Nc1ccc(CC2CC2)c(O)c1. The number of hydrogen-bond acceptors (Lipinski definition) is 2. The van der Waals surface area contributed by atoms with Crippen molar-refractivity contribution >= 4 is 5.69 Å². The summed E-state index contributed by atoms with van der Waals surface area (Å²) in [6, 6.07) is 5.39. The lowest BCUT2D eigenvalue weighted by atomic mass is 10.1. The van der Waals surface area contributed by atoms with E-state index in [4.69, 9.17) is 5.73 Å². The van der Waals surface area contributed by atoms with E-state index in [1.54, 1.807) is 6.07 Å². The molecule has 1 aromatic rings. The first-order chi connectivity index (χ1) is 5.75. The van der Waals surface area contributed by atoms with Crippen LogP contribution in [0.25, 0.3) is 0 Å². The summed E-state index contributed by atoms with van der Waals surface area (Å²) in [7, 11) is 0. The molecule has 0 unspecified atom stereocenters. The predicted octanol–water partition coefficient (Wildman–Crippen LogP) is 1.93. The molecule has 0 saturated heterocycles. The monoisotopic (exact) mass is 163 g/mol. The smallest absolute Gasteiger partial charge is 0.120 e. The summed E-state index contributed by atoms with van der Waals surface area (Å²) in [5.41, 5.74) is 7.18. The van der Waals surface area contributed by atoms with Gasteiger partial charge < -0.3 is 10.8 Å². The Morgan fingerprint density at radius 2 is 2.17 bits per heavy atom. The minimum atomic E-state index is 0.349. The Kier molecular flexibility index (Phi) is 1.68. The van der Waals surface area contributed by atoms with Crippen molar-refractivity contribution < 1.29 is 5.11 Å². The maximum atomic E-state index is 9.49. The van der Waals surface area contributed by atoms with E-state index >= 15 is 0 Å². The van der Waals surface area contributed by atoms with Crippen molar-refractivity contribution in [1.29, 1.82) is 0 Å². The number of aromatic hydroxyl groups is 1. The van der Waals surface area contributed by atoms with Crippen LogP contribution in [-0.2, 0) is 6.42 Å². The van der Waals surface area contributed by atoms with Crippen molar-refractivity contribution in [3.05, 3.63) is 23.8 Å². The largest absolute Gasteiger partial charge is 0.508 e. The molecule has 0 heterocycles. The van der Waals surface area contributed by atoms with Crippen molar-refractivity contribution in [3.63, 3.8) is 0 Å². The molecule has 1 aliphatic carbocycles. The van der Waals surface area contributed by atoms with E-state index in [1.807, 2.05) is 12.1 Å². The Hall–Kier alpha value is -1.18. The molecule has 2 nitrogen and oxygen atoms in total. The van der Waals surface area contributed by atoms with Gasteiger partial charge in [-0.25, -0.2) is 0 Å². The van der Waals surface area contributed by atoms with Crippen LogP contribution in [0.15, 0.2) is 18.2 Å². The Labute approximate surface area is 72.0 Å². The molecular weight excluding hydrogens is 150 g/mol. The summed E-state index contributed by atoms with van der Waals surface area (Å²) in [5, 5.41) is 9.49. The molecule has 0 radical (unpaired) electrons. The van der Waals surface area contributed by atoms with Crippen LogP contribution in [0.2, 0.25) is 0 Å². The zero-order valence-corrected chi connectivity index (χ0v) is 6.96. The first-order valence-corrected chi connectivity index (χ1v) is 4.33. The first kappa shape index (κ1) is 7.47. The third-order valence-electron chi connectivity index (χ3n) is 2.31. The summed E-state index contributed by atoms with van der Waals surface area (Å²) < 4.78 is 0. The normalized spacial score (nSPS) is 16.3. The fourth-order valence-electron chi connectivity index (χ4n) is 1.39. The summed E-state index contributed by atoms with van der Waals surface area (Å²) >= 11 is 0. The standard InChI is InChI=1S/C10H13NO/c11-9-4-3-8(10(12)6-9)5-7-1-2-7/h3-4,6-7,12H,1-2,5,11H2. The van der Waals surface area contributed by atoms with Gasteiger partial charge in [-0.05, 0) is 36.8 Å². The number of phenols is 1. The molecule has 0 bridgehead atoms. The minimum absolute atomic E-state index is 0.349. The molecule has 2 heteroatoms. The molecule has 0 aromatic heterocycles. The molecule has 0 atom stereocenters. The van der Waals surface area contributed by atoms with Crippen LogP contribution >= 0.6 is 0 Å². The lowest BCUT2D eigenvalue weighted by Crippen LogP contribution is -1.90. The fourth-order valence-corrected chi connectivity index (χ4v) is 1.39. The summed E-state index contributed by atoms with van der Waals surface area (Å²) in [6.07, 6.45) is 3.62. The maximum Gasteiger partial charge on any atom is 0.120 e. The average molecular weight is 163 g/mol. The van der Waals surface area contributed by atoms with Gasteiger partial charge in [0, 0.05) is 11.8 Å². The predicted molar refractivity (Wildman–Crippen MR) is 48.9 cm³/mol. The van der Waals surface area contributed by atoms with Gasteiger partial charge in [0.05, 0.1) is 0 Å². The number of hydrogen-bond donors (Lipinski definition) is 2. The van der Waals surface area contributed by atoms with E-state index in [9.17, 15) is 5.11 Å². The molecule has 0 spiro atoms. The molecule has 3 N–H and O–H groups in total. The van der Waals surface area contributed by atoms with Gasteiger partial charge in [-0.2, -0.15) is 0 Å². The molecule has 1 saturated carbocycles. The number of rotatable bonds is 2. The van der Waals surface area contributed by atoms with Crippen molar-refractivity contribution in [3.8, 4) is 5.75 Å². The maximum absolute atomic E-state index is 9.49. The number of nitrogens with two attached hydrogens (primary N) is 1. The second kappa shape index (κ2) is 2.70. The van der Waals surface area contributed by atoms with Gasteiger partial charge in [0.2, 0.25) is 0 Å². The van der Waals surface area contributed by atoms with E-state index in [1.165, 1.54) is 12.8 Å². The van der Waals surface area contributed by atoms with Crippen LogP contribution in [-0.4, -0.2) is 5.11 Å². The van der Waals surface area contributed by atoms with E-state index in [2.05, 4.69) is 0 Å². The number of anilines is 1. The lowest BCUT2D eigenvalue weighted by Gasteiger charge is -2.03. The average Bonchev–Trinajstić information content (AvgIpc) is 2.79. The molecule has 1 aliphatic rings. The van der Waals surface area contributed by atoms with Crippen molar-refractivity contribution in [2.24, 2.45) is 5.92 Å². The van der Waals surface area contributed by atoms with Crippen LogP contribution < -0.4 is 5.73 Å². The van der Waals surface area contributed by atoms with E-state index in [0.29, 0.717) is 11.4 Å². The van der Waals surface area contributed by atoms with Crippen LogP contribution in [0.5, 0.6) is 5.75 Å². The Morgan fingerprint density at radius 3 is 2.75 bits per heavy atom. The molecule has 1 fully saturated rings. The highest BCUT2D eigenvalue weighted by Crippen LogP contribution is 2.35. The number of nitrogen functional groups attached to an aromatic ring is 1. The van der Waals surface area contributed by atoms with Crippen molar-refractivity contribution in [2.45, 2.75) is 19.3 Å². The molecule has 0 aliphatic heterocycles. The van der Waals surface area contributed by atoms with Gasteiger partial charge in [-0.3, -0.25) is 0 Å². The van der Waals surface area contributed by atoms with Crippen molar-refractivity contribution in [1.82, 2.24) is 0 Å². The molecular formula is C10H13NO. The molecule has 2 rings (SSSR count). The second-order valence-corrected chi connectivity index (χ2v) is 3.54. The lowest BCUT2D eigenvalue weighted by molar-refractivity contribution is 0.467. The van der Waals surface area contributed by atoms with Gasteiger partial charge in [0.1, 0.15) is 5.75 Å². The Morgan fingerprint density at radius 1 is 1.42 bits per heavy atom. The quantitative estimate of drug-likeness (QED) is 0.654. The molecule has 0 amide bonds. The van der Waals surface area contributed by atoms with Crippen LogP contribution in [0.3, 0.4) is 0 Å². The van der Waals surface area contributed by atoms with Gasteiger partial charge in [-0.15, -0.1) is 0 Å². The molecule has 12 heavy (non-hydrogen) atoms. The molecule has 1 aromatic carbocycles. The topological polar surface area (TPSA) is 46.2 Å². The third-order valence-corrected chi connectivity index (χ3v) is 2.31. The van der Waals surface area contributed by atoms with Gasteiger partial charge in [-0.1, -0.05) is 6.07 Å². The third kappa shape index (κ3) is 1.52. The van der Waals surface area contributed by atoms with Crippen LogP contribution in [0, 0.1) is 5.92 Å². The highest BCUT2D eigenvalue weighted by atomic mass is 16.3. The Bertz CT molecular complexity index is 292. The Balaban J connectivity index is 2.18.